The Balaban J connectivity index is 1.70. The van der Waals surface area contributed by atoms with E-state index in [4.69, 9.17) is 27.9 Å². The van der Waals surface area contributed by atoms with Crippen molar-refractivity contribution in [2.75, 3.05) is 6.61 Å². The molecule has 2 aromatic rings. The molecule has 0 aliphatic heterocycles. The van der Waals surface area contributed by atoms with E-state index in [-0.39, 0.29) is 5.91 Å². The number of nitrogens with zero attached hydrogens (tertiary/aromatic N) is 1. The van der Waals surface area contributed by atoms with Crippen LogP contribution in [0.4, 0.5) is 0 Å². The molecule has 122 valence electrons. The Morgan fingerprint density at radius 3 is 2.87 bits per heavy atom. The number of benzene rings is 1. The summed E-state index contributed by atoms with van der Waals surface area (Å²) in [5.41, 5.74) is 3.33. The van der Waals surface area contributed by atoms with E-state index in [1.165, 1.54) is 0 Å². The highest BCUT2D eigenvalue weighted by Gasteiger charge is 2.05. The first-order chi connectivity index (χ1) is 11.1. The zero-order valence-corrected chi connectivity index (χ0v) is 14.8. The van der Waals surface area contributed by atoms with Crippen molar-refractivity contribution in [3.63, 3.8) is 0 Å². The second-order valence-corrected chi connectivity index (χ2v) is 6.53. The summed E-state index contributed by atoms with van der Waals surface area (Å²) < 4.78 is 5.52. The van der Waals surface area contributed by atoms with Gasteiger partial charge in [0.25, 0.3) is 0 Å². The quantitative estimate of drug-likeness (QED) is 0.434. The van der Waals surface area contributed by atoms with Crippen molar-refractivity contribution in [1.82, 2.24) is 5.43 Å². The highest BCUT2D eigenvalue weighted by Crippen LogP contribution is 2.27. The lowest BCUT2D eigenvalue weighted by molar-refractivity contribution is -0.121. The Morgan fingerprint density at radius 1 is 1.35 bits per heavy atom. The molecular formula is C16H16Cl2N2O2S. The smallest absolute Gasteiger partial charge is 0.240 e. The van der Waals surface area contributed by atoms with Gasteiger partial charge in [-0.3, -0.25) is 4.79 Å². The molecule has 1 heterocycles. The van der Waals surface area contributed by atoms with Crippen LogP contribution in [0.3, 0.4) is 0 Å². The molecule has 0 bridgehead atoms. The second-order valence-electron chi connectivity index (χ2n) is 4.74. The van der Waals surface area contributed by atoms with Crippen LogP contribution < -0.4 is 10.2 Å². The van der Waals surface area contributed by atoms with E-state index in [1.807, 2.05) is 24.4 Å². The fourth-order valence-electron chi connectivity index (χ4n) is 1.75. The lowest BCUT2D eigenvalue weighted by Gasteiger charge is -2.07. The van der Waals surface area contributed by atoms with Crippen LogP contribution in [-0.2, 0) is 4.79 Å². The molecule has 1 amide bonds. The number of thiophene rings is 1. The molecule has 7 heteroatoms. The van der Waals surface area contributed by atoms with Crippen molar-refractivity contribution in [2.24, 2.45) is 5.10 Å². The molecule has 0 atom stereocenters. The fraction of sp³-hybridized carbons (Fsp3) is 0.250. The summed E-state index contributed by atoms with van der Waals surface area (Å²) in [6, 6.07) is 8.93. The number of rotatable bonds is 7. The van der Waals surface area contributed by atoms with Gasteiger partial charge in [0, 0.05) is 16.3 Å². The minimum absolute atomic E-state index is 0.147. The van der Waals surface area contributed by atoms with Gasteiger partial charge in [0.1, 0.15) is 5.75 Å². The number of carbonyl (C=O) groups excluding carboxylic acids is 1. The number of carbonyl (C=O) groups is 1. The average molecular weight is 371 g/mol. The van der Waals surface area contributed by atoms with Crippen LogP contribution in [0.15, 0.2) is 40.8 Å². The largest absolute Gasteiger partial charge is 0.492 e. The van der Waals surface area contributed by atoms with Gasteiger partial charge in [-0.25, -0.2) is 5.43 Å². The van der Waals surface area contributed by atoms with Crippen molar-refractivity contribution in [3.8, 4) is 5.75 Å². The molecule has 0 fully saturated rings. The number of hydrazone groups is 1. The Hall–Kier alpha value is -1.56. The molecule has 1 aromatic carbocycles. The molecule has 0 aliphatic carbocycles. The van der Waals surface area contributed by atoms with Gasteiger partial charge in [-0.05, 0) is 43.0 Å². The van der Waals surface area contributed by atoms with Gasteiger partial charge in [-0.15, -0.1) is 11.3 Å². The van der Waals surface area contributed by atoms with Crippen molar-refractivity contribution in [2.45, 2.75) is 19.8 Å². The van der Waals surface area contributed by atoms with Gasteiger partial charge in [0.2, 0.25) is 5.91 Å². The van der Waals surface area contributed by atoms with Crippen molar-refractivity contribution >= 4 is 46.2 Å². The summed E-state index contributed by atoms with van der Waals surface area (Å²) in [6.07, 6.45) is 0.894. The lowest BCUT2D eigenvalue weighted by atomic mass is 10.3. The number of hydrogen-bond donors (Lipinski definition) is 1. The van der Waals surface area contributed by atoms with E-state index in [1.54, 1.807) is 29.5 Å². The third-order valence-corrected chi connectivity index (χ3v) is 4.43. The van der Waals surface area contributed by atoms with Crippen LogP contribution in [-0.4, -0.2) is 18.2 Å². The van der Waals surface area contributed by atoms with E-state index in [0.717, 1.165) is 10.6 Å². The van der Waals surface area contributed by atoms with Gasteiger partial charge in [0.05, 0.1) is 17.3 Å². The lowest BCUT2D eigenvalue weighted by Crippen LogP contribution is -2.19. The van der Waals surface area contributed by atoms with Crippen molar-refractivity contribution in [1.29, 1.82) is 0 Å². The van der Waals surface area contributed by atoms with Crippen LogP contribution in [0.5, 0.6) is 5.75 Å². The predicted octanol–water partition coefficient (Wildman–Crippen LogP) is 4.75. The van der Waals surface area contributed by atoms with E-state index in [0.29, 0.717) is 35.2 Å². The first-order valence-electron chi connectivity index (χ1n) is 7.01. The maximum atomic E-state index is 11.7. The summed E-state index contributed by atoms with van der Waals surface area (Å²) >= 11 is 13.4. The summed E-state index contributed by atoms with van der Waals surface area (Å²) in [5.74, 6) is 0.412. The Bertz CT molecular complexity index is 687. The third-order valence-electron chi connectivity index (χ3n) is 2.93. The first kappa shape index (κ1) is 17.8. The number of hydrogen-bond acceptors (Lipinski definition) is 4. The van der Waals surface area contributed by atoms with Crippen LogP contribution in [0.2, 0.25) is 10.0 Å². The van der Waals surface area contributed by atoms with Gasteiger partial charge in [0.15, 0.2) is 0 Å². The van der Waals surface area contributed by atoms with E-state index >= 15 is 0 Å². The van der Waals surface area contributed by atoms with Crippen molar-refractivity contribution in [3.05, 3.63) is 50.6 Å². The zero-order valence-electron chi connectivity index (χ0n) is 12.5. The van der Waals surface area contributed by atoms with Crippen molar-refractivity contribution < 1.29 is 9.53 Å². The van der Waals surface area contributed by atoms with Gasteiger partial charge < -0.3 is 4.74 Å². The number of amides is 1. The van der Waals surface area contributed by atoms with E-state index in [9.17, 15) is 4.79 Å². The molecule has 0 aliphatic rings. The molecule has 0 unspecified atom stereocenters. The highest BCUT2D eigenvalue weighted by atomic mass is 35.5. The molecule has 1 N–H and O–H groups in total. The summed E-state index contributed by atoms with van der Waals surface area (Å²) in [7, 11) is 0. The summed E-state index contributed by atoms with van der Waals surface area (Å²) in [4.78, 5) is 12.8. The summed E-state index contributed by atoms with van der Waals surface area (Å²) in [5, 5.41) is 7.06. The Kier molecular flexibility index (Phi) is 6.89. The molecule has 1 aromatic heterocycles. The molecule has 0 saturated heterocycles. The molecule has 23 heavy (non-hydrogen) atoms. The second kappa shape index (κ2) is 8.91. The van der Waals surface area contributed by atoms with Crippen LogP contribution in [0, 0.1) is 0 Å². The van der Waals surface area contributed by atoms with Gasteiger partial charge in [-0.1, -0.05) is 29.3 Å². The number of ether oxygens (including phenoxy) is 1. The molecule has 0 spiro atoms. The molecule has 0 saturated carbocycles. The van der Waals surface area contributed by atoms with Gasteiger partial charge >= 0.3 is 0 Å². The average Bonchev–Trinajstić information content (AvgIpc) is 3.05. The van der Waals surface area contributed by atoms with Crippen LogP contribution >= 0.6 is 34.5 Å². The number of nitrogens with one attached hydrogen (secondary N) is 1. The fourth-order valence-corrected chi connectivity index (χ4v) is 2.89. The predicted molar refractivity (Wildman–Crippen MR) is 95.9 cm³/mol. The highest BCUT2D eigenvalue weighted by molar-refractivity contribution is 7.12. The topological polar surface area (TPSA) is 50.7 Å². The minimum atomic E-state index is -0.147. The zero-order chi connectivity index (χ0) is 16.7. The Morgan fingerprint density at radius 2 is 2.17 bits per heavy atom. The molecule has 0 radical (unpaired) electrons. The van der Waals surface area contributed by atoms with Crippen LogP contribution in [0.25, 0.3) is 0 Å². The molecular weight excluding hydrogens is 355 g/mol. The third kappa shape index (κ3) is 5.86. The number of halogens is 2. The minimum Gasteiger partial charge on any atom is -0.492 e. The summed E-state index contributed by atoms with van der Waals surface area (Å²) in [6.45, 7) is 2.25. The van der Waals surface area contributed by atoms with E-state index in [2.05, 4.69) is 10.5 Å². The maximum Gasteiger partial charge on any atom is 0.240 e. The Labute approximate surface area is 149 Å². The standard InChI is InChI=1S/C16H16Cl2N2O2S/c1-11(15-4-3-9-23-15)19-20-16(21)5-2-8-22-14-7-6-12(17)10-13(14)18/h3-4,6-7,9-10H,2,5,8H2,1H3,(H,20,21)/b19-11-. The first-order valence-corrected chi connectivity index (χ1v) is 8.64. The SMILES string of the molecule is C/C(=N/NC(=O)CCCOc1ccc(Cl)cc1Cl)c1cccs1. The normalized spacial score (nSPS) is 11.3. The monoisotopic (exact) mass is 370 g/mol. The maximum absolute atomic E-state index is 11.7. The van der Waals surface area contributed by atoms with Gasteiger partial charge in [-0.2, -0.15) is 5.10 Å². The molecule has 4 nitrogen and oxygen atoms in total. The van der Waals surface area contributed by atoms with Crippen LogP contribution in [0.1, 0.15) is 24.6 Å². The molecule has 2 rings (SSSR count). The van der Waals surface area contributed by atoms with E-state index < -0.39 is 0 Å².